The summed E-state index contributed by atoms with van der Waals surface area (Å²) in [6.07, 6.45) is 7.18. The monoisotopic (exact) mass is 657 g/mol. The number of nitrogens with zero attached hydrogens (tertiary/aromatic N) is 5. The smallest absolute Gasteiger partial charge is 0.308 e. The minimum absolute atomic E-state index is 0.188. The predicted molar refractivity (Wildman–Crippen MR) is 190 cm³/mol. The minimum atomic E-state index is -0.599. The van der Waals surface area contributed by atoms with Crippen molar-refractivity contribution < 1.29 is 23.8 Å². The molecule has 0 bridgehead atoms. The predicted octanol–water partition coefficient (Wildman–Crippen LogP) is 11.0. The molecule has 0 N–H and O–H groups in total. The second-order valence-corrected chi connectivity index (χ2v) is 11.5. The van der Waals surface area contributed by atoms with Crippen molar-refractivity contribution in [3.8, 4) is 5.75 Å². The van der Waals surface area contributed by atoms with Crippen LogP contribution >= 0.6 is 0 Å². The summed E-state index contributed by atoms with van der Waals surface area (Å²) in [5.41, 5.74) is 4.88. The van der Waals surface area contributed by atoms with Crippen LogP contribution < -0.4 is 9.64 Å². The van der Waals surface area contributed by atoms with Gasteiger partial charge in [0.25, 0.3) is 0 Å². The average Bonchev–Trinajstić information content (AvgIpc) is 3.09. The van der Waals surface area contributed by atoms with E-state index < -0.39 is 6.29 Å². The number of azo groups is 2. The molecule has 10 nitrogen and oxygen atoms in total. The Kier molecular flexibility index (Phi) is 16.8. The van der Waals surface area contributed by atoms with Crippen LogP contribution in [0.15, 0.2) is 87.2 Å². The Morgan fingerprint density at radius 1 is 0.729 bits per heavy atom. The number of benzene rings is 3. The molecule has 0 fully saturated rings. The Labute approximate surface area is 285 Å². The Morgan fingerprint density at radius 3 is 1.94 bits per heavy atom. The summed E-state index contributed by atoms with van der Waals surface area (Å²) >= 11 is 0. The maximum Gasteiger partial charge on any atom is 0.308 e. The van der Waals surface area contributed by atoms with Crippen LogP contribution in [-0.4, -0.2) is 37.9 Å². The molecular formula is C38H51N5O5. The van der Waals surface area contributed by atoms with Gasteiger partial charge in [-0.2, -0.15) is 20.5 Å². The van der Waals surface area contributed by atoms with Crippen molar-refractivity contribution in [1.29, 1.82) is 0 Å². The molecule has 0 aromatic heterocycles. The van der Waals surface area contributed by atoms with Crippen molar-refractivity contribution in [3.05, 3.63) is 72.3 Å². The molecule has 0 saturated carbocycles. The largest absolute Gasteiger partial charge is 0.464 e. The van der Waals surface area contributed by atoms with Crippen LogP contribution in [0.1, 0.15) is 91.0 Å². The van der Waals surface area contributed by atoms with Crippen molar-refractivity contribution in [2.24, 2.45) is 20.5 Å². The summed E-state index contributed by atoms with van der Waals surface area (Å²) in [6, 6.07) is 20.7. The first-order valence-corrected chi connectivity index (χ1v) is 17.3. The molecule has 0 radical (unpaired) electrons. The van der Waals surface area contributed by atoms with Crippen molar-refractivity contribution in [3.63, 3.8) is 0 Å². The highest BCUT2D eigenvalue weighted by Crippen LogP contribution is 2.28. The standard InChI is InChI=1S/C38H51N5O5/c1-6-10-11-12-13-15-38(48-37(45)14-7-2)47-34-23-20-32(21-24-34)40-39-30-16-18-31(19-17-30)41-42-35-25-22-33(28-29(35)5)43(9-4)26-27-46-36(44)8-3/h16-25,28,38H,6-15,26-27H2,1-5H3/b40-39+,42-41+. The topological polar surface area (TPSA) is 115 Å². The van der Waals surface area contributed by atoms with Crippen molar-refractivity contribution in [1.82, 2.24) is 0 Å². The summed E-state index contributed by atoms with van der Waals surface area (Å²) in [6.45, 7) is 11.8. The molecule has 0 aliphatic heterocycles. The van der Waals surface area contributed by atoms with E-state index in [1.54, 1.807) is 6.92 Å². The van der Waals surface area contributed by atoms with Gasteiger partial charge in [0, 0.05) is 31.5 Å². The number of rotatable bonds is 21. The number of anilines is 1. The van der Waals surface area contributed by atoms with E-state index in [-0.39, 0.29) is 11.9 Å². The lowest BCUT2D eigenvalue weighted by molar-refractivity contribution is -0.164. The van der Waals surface area contributed by atoms with Crippen LogP contribution in [0.5, 0.6) is 5.75 Å². The Balaban J connectivity index is 1.54. The molecule has 3 rings (SSSR count). The number of aryl methyl sites for hydroxylation is 1. The van der Waals surface area contributed by atoms with Gasteiger partial charge in [-0.1, -0.05) is 46.5 Å². The van der Waals surface area contributed by atoms with E-state index in [1.807, 2.05) is 74.5 Å². The highest BCUT2D eigenvalue weighted by Gasteiger charge is 2.16. The van der Waals surface area contributed by atoms with Gasteiger partial charge < -0.3 is 19.1 Å². The Hall–Kier alpha value is -4.60. The molecule has 0 aliphatic rings. The normalized spacial score (nSPS) is 11.9. The van der Waals surface area contributed by atoms with Crippen LogP contribution in [0.25, 0.3) is 0 Å². The van der Waals surface area contributed by atoms with Gasteiger partial charge in [0.2, 0.25) is 6.29 Å². The van der Waals surface area contributed by atoms with Gasteiger partial charge in [-0.25, -0.2) is 0 Å². The van der Waals surface area contributed by atoms with Gasteiger partial charge in [0.1, 0.15) is 12.4 Å². The van der Waals surface area contributed by atoms with Gasteiger partial charge in [-0.05, 0) is 99.0 Å². The molecule has 1 unspecified atom stereocenters. The second kappa shape index (κ2) is 21.3. The number of carbonyl (C=O) groups is 2. The minimum Gasteiger partial charge on any atom is -0.464 e. The molecule has 0 aliphatic carbocycles. The zero-order valence-electron chi connectivity index (χ0n) is 29.2. The van der Waals surface area contributed by atoms with Gasteiger partial charge in [0.05, 0.1) is 29.3 Å². The van der Waals surface area contributed by atoms with Gasteiger partial charge >= 0.3 is 11.9 Å². The van der Waals surface area contributed by atoms with Crippen LogP contribution in [0, 0.1) is 6.92 Å². The van der Waals surface area contributed by atoms with Crippen molar-refractivity contribution >= 4 is 40.4 Å². The van der Waals surface area contributed by atoms with E-state index in [0.717, 1.165) is 42.7 Å². The summed E-state index contributed by atoms with van der Waals surface area (Å²) in [5.74, 6) is 0.197. The van der Waals surface area contributed by atoms with E-state index in [4.69, 9.17) is 14.2 Å². The van der Waals surface area contributed by atoms with Gasteiger partial charge in [-0.15, -0.1) is 0 Å². The van der Waals surface area contributed by atoms with Gasteiger partial charge in [-0.3, -0.25) is 9.59 Å². The molecule has 258 valence electrons. The molecule has 0 amide bonds. The van der Waals surface area contributed by atoms with Crippen LogP contribution in [-0.2, 0) is 19.1 Å². The fraction of sp³-hybridized carbons (Fsp3) is 0.474. The van der Waals surface area contributed by atoms with E-state index >= 15 is 0 Å². The number of carbonyl (C=O) groups excluding carboxylic acids is 2. The highest BCUT2D eigenvalue weighted by molar-refractivity contribution is 5.69. The summed E-state index contributed by atoms with van der Waals surface area (Å²) in [5, 5.41) is 17.5. The molecule has 0 saturated heterocycles. The summed E-state index contributed by atoms with van der Waals surface area (Å²) in [4.78, 5) is 25.7. The molecule has 48 heavy (non-hydrogen) atoms. The number of ether oxygens (including phenoxy) is 3. The van der Waals surface area contributed by atoms with Crippen molar-refractivity contribution in [2.75, 3.05) is 24.6 Å². The number of hydrogen-bond donors (Lipinski definition) is 0. The van der Waals surface area contributed by atoms with E-state index in [1.165, 1.54) is 19.3 Å². The molecular weight excluding hydrogens is 606 g/mol. The average molecular weight is 658 g/mol. The molecule has 10 heteroatoms. The molecule has 3 aromatic rings. The number of likely N-dealkylation sites (N-methyl/N-ethyl adjacent to an activating group) is 1. The van der Waals surface area contributed by atoms with Crippen LogP contribution in [0.3, 0.4) is 0 Å². The fourth-order valence-corrected chi connectivity index (χ4v) is 4.81. The first kappa shape index (κ1) is 37.9. The Morgan fingerprint density at radius 2 is 1.35 bits per heavy atom. The number of hydrogen-bond acceptors (Lipinski definition) is 10. The SMILES string of the molecule is CCCCCCCC(OC(=O)CCC)Oc1ccc(/N=N/c2ccc(/N=N/c3ccc(N(CC)CCOC(=O)CC)cc3C)cc2)cc1. The first-order chi connectivity index (χ1) is 23.3. The first-order valence-electron chi connectivity index (χ1n) is 17.3. The molecule has 3 aromatic carbocycles. The third kappa shape index (κ3) is 13.6. The van der Waals surface area contributed by atoms with Crippen LogP contribution in [0.4, 0.5) is 28.4 Å². The fourth-order valence-electron chi connectivity index (χ4n) is 4.81. The third-order valence-electron chi connectivity index (χ3n) is 7.61. The third-order valence-corrected chi connectivity index (χ3v) is 7.61. The second-order valence-electron chi connectivity index (χ2n) is 11.5. The molecule has 1 atom stereocenters. The lowest BCUT2D eigenvalue weighted by Gasteiger charge is -2.23. The lowest BCUT2D eigenvalue weighted by atomic mass is 10.1. The van der Waals surface area contributed by atoms with Crippen molar-refractivity contribution in [2.45, 2.75) is 98.7 Å². The van der Waals surface area contributed by atoms with Crippen LogP contribution in [0.2, 0.25) is 0 Å². The van der Waals surface area contributed by atoms with Gasteiger partial charge in [0.15, 0.2) is 0 Å². The maximum atomic E-state index is 12.1. The number of unbranched alkanes of at least 4 members (excludes halogenated alkanes) is 4. The van der Waals surface area contributed by atoms with E-state index in [0.29, 0.717) is 55.2 Å². The quantitative estimate of drug-likeness (QED) is 0.0487. The zero-order chi connectivity index (χ0) is 34.6. The Bertz CT molecular complexity index is 1460. The summed E-state index contributed by atoms with van der Waals surface area (Å²) < 4.78 is 16.9. The van der Waals surface area contributed by atoms with E-state index in [2.05, 4.69) is 45.3 Å². The number of esters is 2. The maximum absolute atomic E-state index is 12.1. The summed E-state index contributed by atoms with van der Waals surface area (Å²) in [7, 11) is 0. The lowest BCUT2D eigenvalue weighted by Crippen LogP contribution is -2.27. The highest BCUT2D eigenvalue weighted by atomic mass is 16.7. The van der Waals surface area contributed by atoms with E-state index in [9.17, 15) is 9.59 Å². The zero-order valence-corrected chi connectivity index (χ0v) is 29.2. The molecule has 0 heterocycles. The molecule has 0 spiro atoms.